The van der Waals surface area contributed by atoms with E-state index in [2.05, 4.69) is 59.5 Å². The van der Waals surface area contributed by atoms with Gasteiger partial charge in [0.2, 0.25) is 0 Å². The monoisotopic (exact) mass is 301 g/mol. The van der Waals surface area contributed by atoms with Crippen molar-refractivity contribution in [2.45, 2.75) is 26.3 Å². The van der Waals surface area contributed by atoms with E-state index in [1.165, 1.54) is 27.8 Å². The van der Waals surface area contributed by atoms with Crippen molar-refractivity contribution in [2.24, 2.45) is 0 Å². The maximum absolute atomic E-state index is 3.55. The predicted octanol–water partition coefficient (Wildman–Crippen LogP) is 4.16. The van der Waals surface area contributed by atoms with E-state index in [0.717, 1.165) is 6.54 Å². The van der Waals surface area contributed by atoms with Crippen molar-refractivity contribution < 1.29 is 0 Å². The molecule has 1 nitrogen and oxygen atoms in total. The Bertz CT molecular complexity index is 328. The molecule has 0 bridgehead atoms. The molecule has 0 saturated carbocycles. The average Bonchev–Trinajstić information content (AvgIpc) is 2.28. The van der Waals surface area contributed by atoms with Gasteiger partial charge in [0, 0.05) is 10.5 Å². The minimum Gasteiger partial charge on any atom is -0.310 e. The van der Waals surface area contributed by atoms with Crippen molar-refractivity contribution in [3.8, 4) is 0 Å². The number of hydrogen-bond donors (Lipinski definition) is 1. The highest BCUT2D eigenvalue weighted by Crippen LogP contribution is 2.21. The second-order valence-electron chi connectivity index (χ2n) is 4.03. The van der Waals surface area contributed by atoms with Gasteiger partial charge in [-0.05, 0) is 56.0 Å². The first-order chi connectivity index (χ1) is 7.65. The van der Waals surface area contributed by atoms with E-state index < -0.39 is 0 Å². The minimum atomic E-state index is 0.439. The predicted molar refractivity (Wildman–Crippen MR) is 78.3 cm³/mol. The van der Waals surface area contributed by atoms with Gasteiger partial charge in [-0.15, -0.1) is 0 Å². The molecule has 0 aliphatic heterocycles. The third-order valence-corrected chi connectivity index (χ3v) is 4.24. The summed E-state index contributed by atoms with van der Waals surface area (Å²) < 4.78 is 1.19. The molecule has 1 aromatic rings. The zero-order valence-electron chi connectivity index (χ0n) is 10.2. The molecule has 0 aromatic heterocycles. The maximum atomic E-state index is 3.55. The van der Waals surface area contributed by atoms with Gasteiger partial charge < -0.3 is 5.32 Å². The standard InChI is InChI=1S/C13H20BrNS/c1-10-9-12(5-6-13(10)14)11(2)15-7-4-8-16-3/h5-6,9,11,15H,4,7-8H2,1-3H3. The maximum Gasteiger partial charge on any atom is 0.0291 e. The van der Waals surface area contributed by atoms with Gasteiger partial charge in [0.05, 0.1) is 0 Å². The van der Waals surface area contributed by atoms with E-state index in [9.17, 15) is 0 Å². The first kappa shape index (κ1) is 14.1. The van der Waals surface area contributed by atoms with Crippen LogP contribution in [0, 0.1) is 6.92 Å². The molecule has 3 heteroatoms. The largest absolute Gasteiger partial charge is 0.310 e. The van der Waals surface area contributed by atoms with Gasteiger partial charge in [-0.25, -0.2) is 0 Å². The summed E-state index contributed by atoms with van der Waals surface area (Å²) in [6, 6.07) is 7.00. The van der Waals surface area contributed by atoms with Gasteiger partial charge in [0.25, 0.3) is 0 Å². The third kappa shape index (κ3) is 4.48. The van der Waals surface area contributed by atoms with Crippen LogP contribution in [0.1, 0.15) is 30.5 Å². The average molecular weight is 302 g/mol. The summed E-state index contributed by atoms with van der Waals surface area (Å²) in [6.45, 7) is 5.45. The van der Waals surface area contributed by atoms with Crippen LogP contribution in [0.2, 0.25) is 0 Å². The van der Waals surface area contributed by atoms with Crippen molar-refractivity contribution in [3.05, 3.63) is 33.8 Å². The molecule has 1 unspecified atom stereocenters. The smallest absolute Gasteiger partial charge is 0.0291 e. The van der Waals surface area contributed by atoms with Crippen LogP contribution in [0.5, 0.6) is 0 Å². The molecule has 0 heterocycles. The van der Waals surface area contributed by atoms with Crippen LogP contribution in [0.4, 0.5) is 0 Å². The number of rotatable bonds is 6. The molecule has 0 aliphatic rings. The SMILES string of the molecule is CSCCCNC(C)c1ccc(Br)c(C)c1. The Balaban J connectivity index is 2.46. The Morgan fingerprint density at radius 3 is 2.81 bits per heavy atom. The molecule has 1 rings (SSSR count). The van der Waals surface area contributed by atoms with Crippen molar-refractivity contribution in [3.63, 3.8) is 0 Å². The summed E-state index contributed by atoms with van der Waals surface area (Å²) in [4.78, 5) is 0. The molecule has 1 N–H and O–H groups in total. The molecule has 0 radical (unpaired) electrons. The van der Waals surface area contributed by atoms with Crippen molar-refractivity contribution in [2.75, 3.05) is 18.6 Å². The molecule has 0 amide bonds. The summed E-state index contributed by atoms with van der Waals surface area (Å²) in [5.41, 5.74) is 2.67. The van der Waals surface area contributed by atoms with Crippen LogP contribution < -0.4 is 5.32 Å². The van der Waals surface area contributed by atoms with Crippen LogP contribution in [0.25, 0.3) is 0 Å². The highest BCUT2D eigenvalue weighted by atomic mass is 79.9. The van der Waals surface area contributed by atoms with E-state index in [4.69, 9.17) is 0 Å². The summed E-state index contributed by atoms with van der Waals surface area (Å²) in [5.74, 6) is 1.24. The molecular formula is C13H20BrNS. The first-order valence-electron chi connectivity index (χ1n) is 5.63. The number of aryl methyl sites for hydroxylation is 1. The lowest BCUT2D eigenvalue weighted by molar-refractivity contribution is 0.572. The van der Waals surface area contributed by atoms with Gasteiger partial charge >= 0.3 is 0 Å². The quantitative estimate of drug-likeness (QED) is 0.792. The number of thioether (sulfide) groups is 1. The van der Waals surface area contributed by atoms with E-state index >= 15 is 0 Å². The minimum absolute atomic E-state index is 0.439. The Hall–Kier alpha value is 0.01000. The van der Waals surface area contributed by atoms with E-state index in [-0.39, 0.29) is 0 Å². The molecule has 0 fully saturated rings. The molecule has 0 spiro atoms. The summed E-state index contributed by atoms with van der Waals surface area (Å²) >= 11 is 5.44. The van der Waals surface area contributed by atoms with Gasteiger partial charge in [0.15, 0.2) is 0 Å². The van der Waals surface area contributed by atoms with Crippen molar-refractivity contribution in [1.29, 1.82) is 0 Å². The lowest BCUT2D eigenvalue weighted by Crippen LogP contribution is -2.20. The Morgan fingerprint density at radius 2 is 2.19 bits per heavy atom. The number of benzene rings is 1. The third-order valence-electron chi connectivity index (χ3n) is 2.66. The van der Waals surface area contributed by atoms with Crippen LogP contribution >= 0.6 is 27.7 Å². The number of nitrogens with one attached hydrogen (secondary N) is 1. The highest BCUT2D eigenvalue weighted by Gasteiger charge is 2.05. The summed E-state index contributed by atoms with van der Waals surface area (Å²) in [7, 11) is 0. The van der Waals surface area contributed by atoms with E-state index in [1.807, 2.05) is 11.8 Å². The van der Waals surface area contributed by atoms with Crippen LogP contribution in [-0.4, -0.2) is 18.6 Å². The highest BCUT2D eigenvalue weighted by molar-refractivity contribution is 9.10. The lowest BCUT2D eigenvalue weighted by Gasteiger charge is -2.15. The number of hydrogen-bond acceptors (Lipinski definition) is 2. The van der Waals surface area contributed by atoms with E-state index in [0.29, 0.717) is 6.04 Å². The zero-order chi connectivity index (χ0) is 12.0. The number of halogens is 1. The van der Waals surface area contributed by atoms with Crippen molar-refractivity contribution in [1.82, 2.24) is 5.32 Å². The second-order valence-corrected chi connectivity index (χ2v) is 5.87. The van der Waals surface area contributed by atoms with Gasteiger partial charge in [0.1, 0.15) is 0 Å². The fraction of sp³-hybridized carbons (Fsp3) is 0.538. The Morgan fingerprint density at radius 1 is 1.44 bits per heavy atom. The second kappa shape index (κ2) is 7.36. The van der Waals surface area contributed by atoms with Crippen LogP contribution in [0.3, 0.4) is 0 Å². The molecule has 0 aliphatic carbocycles. The summed E-state index contributed by atoms with van der Waals surface area (Å²) in [6.07, 6.45) is 3.39. The van der Waals surface area contributed by atoms with Crippen LogP contribution in [-0.2, 0) is 0 Å². The molecule has 1 atom stereocenters. The normalized spacial score (nSPS) is 12.8. The molecule has 16 heavy (non-hydrogen) atoms. The van der Waals surface area contributed by atoms with Crippen molar-refractivity contribution >= 4 is 27.7 Å². The molecule has 90 valence electrons. The Kier molecular flexibility index (Phi) is 6.47. The van der Waals surface area contributed by atoms with Gasteiger partial charge in [-0.1, -0.05) is 28.1 Å². The van der Waals surface area contributed by atoms with Gasteiger partial charge in [-0.2, -0.15) is 11.8 Å². The van der Waals surface area contributed by atoms with Crippen LogP contribution in [0.15, 0.2) is 22.7 Å². The zero-order valence-corrected chi connectivity index (χ0v) is 12.6. The lowest BCUT2D eigenvalue weighted by atomic mass is 10.1. The van der Waals surface area contributed by atoms with E-state index in [1.54, 1.807) is 0 Å². The van der Waals surface area contributed by atoms with Gasteiger partial charge in [-0.3, -0.25) is 0 Å². The summed E-state index contributed by atoms with van der Waals surface area (Å²) in [5, 5.41) is 3.55. The first-order valence-corrected chi connectivity index (χ1v) is 7.82. The fourth-order valence-corrected chi connectivity index (χ4v) is 2.27. The topological polar surface area (TPSA) is 12.0 Å². The molecule has 1 aromatic carbocycles. The Labute approximate surface area is 112 Å². The fourth-order valence-electron chi connectivity index (χ4n) is 1.59. The molecular weight excluding hydrogens is 282 g/mol. The molecule has 0 saturated heterocycles.